The van der Waals surface area contributed by atoms with Crippen LogP contribution in [0.25, 0.3) is 0 Å². The molecule has 0 bridgehead atoms. The summed E-state index contributed by atoms with van der Waals surface area (Å²) in [6, 6.07) is 8.30. The van der Waals surface area contributed by atoms with Gasteiger partial charge < -0.3 is 5.73 Å². The fraction of sp³-hybridized carbons (Fsp3) is 0.400. The zero-order valence-electron chi connectivity index (χ0n) is 9.09. The van der Waals surface area contributed by atoms with Gasteiger partial charge in [-0.25, -0.2) is 13.1 Å². The summed E-state index contributed by atoms with van der Waals surface area (Å²) in [6.07, 6.45) is 0.631. The highest BCUT2D eigenvalue weighted by atomic mass is 35.5. The minimum absolute atomic E-state index is 0. The Bertz CT molecular complexity index is 393. The molecule has 0 saturated carbocycles. The largest absolute Gasteiger partial charge is 0.328 e. The quantitative estimate of drug-likeness (QED) is 0.837. The monoisotopic (exact) mass is 264 g/mol. The van der Waals surface area contributed by atoms with Crippen molar-refractivity contribution in [1.82, 2.24) is 4.72 Å². The van der Waals surface area contributed by atoms with Gasteiger partial charge in [-0.3, -0.25) is 0 Å². The van der Waals surface area contributed by atoms with Crippen molar-refractivity contribution in [3.8, 4) is 0 Å². The molecule has 0 aliphatic heterocycles. The third kappa shape index (κ3) is 4.94. The van der Waals surface area contributed by atoms with Gasteiger partial charge in [0.2, 0.25) is 10.0 Å². The Hall–Kier alpha value is -0.620. The molecule has 3 N–H and O–H groups in total. The lowest BCUT2D eigenvalue weighted by Crippen LogP contribution is -2.29. The lowest BCUT2D eigenvalue weighted by molar-refractivity contribution is 0.572. The van der Waals surface area contributed by atoms with E-state index in [9.17, 15) is 8.42 Å². The summed E-state index contributed by atoms with van der Waals surface area (Å²) in [6.45, 7) is 2.21. The van der Waals surface area contributed by atoms with Crippen LogP contribution in [0.3, 0.4) is 0 Å². The van der Waals surface area contributed by atoms with Crippen molar-refractivity contribution in [1.29, 1.82) is 0 Å². The van der Waals surface area contributed by atoms with E-state index in [1.807, 2.05) is 6.92 Å². The predicted molar refractivity (Wildman–Crippen MR) is 67.1 cm³/mol. The van der Waals surface area contributed by atoms with Gasteiger partial charge in [0.25, 0.3) is 0 Å². The fourth-order valence-corrected chi connectivity index (χ4v) is 2.17. The molecule has 0 aliphatic rings. The fourth-order valence-electron chi connectivity index (χ4n) is 1.10. The SMILES string of the molecule is CC(N)CCNS(=O)(=O)c1ccccc1.Cl. The molecule has 0 saturated heterocycles. The molecule has 92 valence electrons. The first-order valence-corrected chi connectivity index (χ1v) is 6.31. The smallest absolute Gasteiger partial charge is 0.240 e. The minimum atomic E-state index is -3.36. The molecule has 6 heteroatoms. The maximum atomic E-state index is 11.7. The van der Waals surface area contributed by atoms with E-state index in [2.05, 4.69) is 4.72 Å². The summed E-state index contributed by atoms with van der Waals surface area (Å²) in [5.41, 5.74) is 5.53. The Labute approximate surface area is 103 Å². The normalized spacial score (nSPS) is 12.9. The highest BCUT2D eigenvalue weighted by Crippen LogP contribution is 2.06. The van der Waals surface area contributed by atoms with Crippen molar-refractivity contribution in [2.24, 2.45) is 5.73 Å². The predicted octanol–water partition coefficient (Wildman–Crippen LogP) is 1.12. The molecule has 1 aromatic carbocycles. The molecule has 0 spiro atoms. The van der Waals surface area contributed by atoms with Crippen molar-refractivity contribution < 1.29 is 8.42 Å². The van der Waals surface area contributed by atoms with Crippen molar-refractivity contribution in [2.45, 2.75) is 24.3 Å². The maximum Gasteiger partial charge on any atom is 0.240 e. The zero-order chi connectivity index (χ0) is 11.3. The molecule has 0 heterocycles. The van der Waals surface area contributed by atoms with E-state index in [-0.39, 0.29) is 23.3 Å². The van der Waals surface area contributed by atoms with Crippen molar-refractivity contribution in [2.75, 3.05) is 6.54 Å². The molecule has 1 unspecified atom stereocenters. The molecular formula is C10H17ClN2O2S. The second kappa shape index (κ2) is 6.85. The molecular weight excluding hydrogens is 248 g/mol. The van der Waals surface area contributed by atoms with Crippen LogP contribution in [0, 0.1) is 0 Å². The van der Waals surface area contributed by atoms with Crippen LogP contribution in [-0.2, 0) is 10.0 Å². The Morgan fingerprint density at radius 1 is 1.31 bits per heavy atom. The summed E-state index contributed by atoms with van der Waals surface area (Å²) < 4.78 is 25.8. The van der Waals surface area contributed by atoms with Gasteiger partial charge in [0.05, 0.1) is 4.90 Å². The molecule has 4 nitrogen and oxygen atoms in total. The van der Waals surface area contributed by atoms with Crippen LogP contribution in [-0.4, -0.2) is 21.0 Å². The van der Waals surface area contributed by atoms with E-state index < -0.39 is 10.0 Å². The van der Waals surface area contributed by atoms with Gasteiger partial charge in [0.15, 0.2) is 0 Å². The van der Waals surface area contributed by atoms with Crippen molar-refractivity contribution in [3.05, 3.63) is 30.3 Å². The van der Waals surface area contributed by atoms with Gasteiger partial charge in [-0.15, -0.1) is 12.4 Å². The Morgan fingerprint density at radius 2 is 1.88 bits per heavy atom. The second-order valence-corrected chi connectivity index (χ2v) is 5.24. The zero-order valence-corrected chi connectivity index (χ0v) is 10.7. The van der Waals surface area contributed by atoms with Gasteiger partial charge in [0.1, 0.15) is 0 Å². The van der Waals surface area contributed by atoms with E-state index >= 15 is 0 Å². The van der Waals surface area contributed by atoms with Crippen LogP contribution in [0.1, 0.15) is 13.3 Å². The van der Waals surface area contributed by atoms with E-state index in [0.717, 1.165) is 0 Å². The number of hydrogen-bond acceptors (Lipinski definition) is 3. The van der Waals surface area contributed by atoms with Gasteiger partial charge in [0, 0.05) is 12.6 Å². The summed E-state index contributed by atoms with van der Waals surface area (Å²) in [5.74, 6) is 0. The molecule has 1 atom stereocenters. The van der Waals surface area contributed by atoms with Crippen LogP contribution >= 0.6 is 12.4 Å². The highest BCUT2D eigenvalue weighted by Gasteiger charge is 2.12. The van der Waals surface area contributed by atoms with Gasteiger partial charge >= 0.3 is 0 Å². The topological polar surface area (TPSA) is 72.2 Å². The summed E-state index contributed by atoms with van der Waals surface area (Å²) >= 11 is 0. The second-order valence-electron chi connectivity index (χ2n) is 3.48. The average Bonchev–Trinajstić information content (AvgIpc) is 2.18. The first-order chi connectivity index (χ1) is 7.02. The molecule has 0 fully saturated rings. The molecule has 1 aromatic rings. The number of sulfonamides is 1. The van der Waals surface area contributed by atoms with Crippen molar-refractivity contribution in [3.63, 3.8) is 0 Å². The first kappa shape index (κ1) is 15.4. The molecule has 0 aromatic heterocycles. The molecule has 0 amide bonds. The molecule has 1 rings (SSSR count). The number of nitrogens with one attached hydrogen (secondary N) is 1. The molecule has 0 aliphatic carbocycles. The number of rotatable bonds is 5. The lowest BCUT2D eigenvalue weighted by atomic mass is 10.3. The third-order valence-corrected chi connectivity index (χ3v) is 3.42. The van der Waals surface area contributed by atoms with Crippen LogP contribution < -0.4 is 10.5 Å². The first-order valence-electron chi connectivity index (χ1n) is 4.82. The van der Waals surface area contributed by atoms with Gasteiger partial charge in [-0.05, 0) is 25.5 Å². The minimum Gasteiger partial charge on any atom is -0.328 e. The molecule has 16 heavy (non-hydrogen) atoms. The highest BCUT2D eigenvalue weighted by molar-refractivity contribution is 7.89. The Kier molecular flexibility index (Phi) is 6.59. The van der Waals surface area contributed by atoms with Crippen LogP contribution in [0.15, 0.2) is 35.2 Å². The maximum absolute atomic E-state index is 11.7. The van der Waals surface area contributed by atoms with E-state index in [1.54, 1.807) is 30.3 Å². The number of benzene rings is 1. The third-order valence-electron chi connectivity index (χ3n) is 1.95. The van der Waals surface area contributed by atoms with Crippen LogP contribution in [0.4, 0.5) is 0 Å². The summed E-state index contributed by atoms with van der Waals surface area (Å²) in [4.78, 5) is 0.287. The van der Waals surface area contributed by atoms with Gasteiger partial charge in [-0.1, -0.05) is 18.2 Å². The van der Waals surface area contributed by atoms with E-state index in [0.29, 0.717) is 13.0 Å². The Morgan fingerprint density at radius 3 is 2.38 bits per heavy atom. The number of nitrogens with two attached hydrogens (primary N) is 1. The number of hydrogen-bond donors (Lipinski definition) is 2. The Balaban J connectivity index is 0.00000225. The summed E-state index contributed by atoms with van der Waals surface area (Å²) in [7, 11) is -3.36. The standard InChI is InChI=1S/C10H16N2O2S.ClH/c1-9(11)7-8-12-15(13,14)10-5-3-2-4-6-10;/h2-6,9,12H,7-8,11H2,1H3;1H. The average molecular weight is 265 g/mol. The molecule has 0 radical (unpaired) electrons. The van der Waals surface area contributed by atoms with Crippen molar-refractivity contribution >= 4 is 22.4 Å². The van der Waals surface area contributed by atoms with Crippen LogP contribution in [0.2, 0.25) is 0 Å². The van der Waals surface area contributed by atoms with E-state index in [1.165, 1.54) is 0 Å². The van der Waals surface area contributed by atoms with E-state index in [4.69, 9.17) is 5.73 Å². The van der Waals surface area contributed by atoms with Gasteiger partial charge in [-0.2, -0.15) is 0 Å². The summed E-state index contributed by atoms with van der Waals surface area (Å²) in [5, 5.41) is 0. The lowest BCUT2D eigenvalue weighted by Gasteiger charge is -2.07. The number of halogens is 1. The van der Waals surface area contributed by atoms with Crippen LogP contribution in [0.5, 0.6) is 0 Å².